The molecule has 0 heterocycles. The molecule has 1 unspecified atom stereocenters. The van der Waals surface area contributed by atoms with E-state index in [4.69, 9.17) is 39.2 Å². The highest BCUT2D eigenvalue weighted by atomic mass is 28.5. The summed E-state index contributed by atoms with van der Waals surface area (Å²) in [6, 6.07) is 0.878. The van der Waals surface area contributed by atoms with E-state index in [1.165, 1.54) is 21.3 Å². The van der Waals surface area contributed by atoms with Crippen LogP contribution in [0.25, 0.3) is 0 Å². The summed E-state index contributed by atoms with van der Waals surface area (Å²) in [4.78, 5) is 0. The molecule has 0 saturated heterocycles. The largest absolute Gasteiger partial charge is 0.671 e. The van der Waals surface area contributed by atoms with Gasteiger partial charge in [-0.2, -0.15) is 0 Å². The van der Waals surface area contributed by atoms with Crippen molar-refractivity contribution in [2.75, 3.05) is 49.8 Å². The molecule has 0 aromatic carbocycles. The first-order valence-corrected chi connectivity index (χ1v) is 16.7. The standard InChI is InChI=1S/C12H34O9Si4/c1-13-23(14-2,15-3)11-12-24(16-4,20-22(8,9)10)21-25(17-5,18-6)19-7/h11-12H2,1-10H3. The monoisotopic (exact) mass is 434 g/mol. The zero-order valence-corrected chi connectivity index (χ0v) is 21.1. The maximum Gasteiger partial charge on any atom is 0.671 e. The Morgan fingerprint density at radius 2 is 0.840 bits per heavy atom. The van der Waals surface area contributed by atoms with Crippen molar-refractivity contribution >= 4 is 35.0 Å². The molecule has 0 radical (unpaired) electrons. The second-order valence-electron chi connectivity index (χ2n) is 6.11. The van der Waals surface area contributed by atoms with Crippen molar-refractivity contribution in [3.8, 4) is 0 Å². The summed E-state index contributed by atoms with van der Waals surface area (Å²) in [6.45, 7) is 6.17. The first-order chi connectivity index (χ1) is 11.5. The van der Waals surface area contributed by atoms with Crippen molar-refractivity contribution in [3.63, 3.8) is 0 Å². The minimum atomic E-state index is -3.37. The van der Waals surface area contributed by atoms with E-state index in [1.54, 1.807) is 28.4 Å². The molecule has 13 heteroatoms. The van der Waals surface area contributed by atoms with Gasteiger partial charge in [0.25, 0.3) is 0 Å². The molecular weight excluding hydrogens is 400 g/mol. The Morgan fingerprint density at radius 1 is 0.480 bits per heavy atom. The summed E-state index contributed by atoms with van der Waals surface area (Å²) >= 11 is 0. The molecular formula is C12H34O9Si4. The van der Waals surface area contributed by atoms with E-state index >= 15 is 0 Å². The molecule has 152 valence electrons. The summed E-state index contributed by atoms with van der Waals surface area (Å²) in [7, 11) is -0.764. The van der Waals surface area contributed by atoms with Crippen molar-refractivity contribution in [1.29, 1.82) is 0 Å². The van der Waals surface area contributed by atoms with Crippen molar-refractivity contribution in [1.82, 2.24) is 0 Å². The van der Waals surface area contributed by atoms with E-state index in [0.29, 0.717) is 12.1 Å². The number of rotatable bonds is 14. The van der Waals surface area contributed by atoms with Gasteiger partial charge in [0.2, 0.25) is 0 Å². The fraction of sp³-hybridized carbons (Fsp3) is 1.00. The molecule has 0 aliphatic rings. The highest BCUT2D eigenvalue weighted by molar-refractivity contribution is 6.83. The van der Waals surface area contributed by atoms with Crippen LogP contribution in [0.2, 0.25) is 31.7 Å². The maximum absolute atomic E-state index is 6.35. The molecule has 0 aromatic rings. The Balaban J connectivity index is 5.66. The molecule has 25 heavy (non-hydrogen) atoms. The van der Waals surface area contributed by atoms with E-state index in [-0.39, 0.29) is 0 Å². The zero-order valence-electron chi connectivity index (χ0n) is 17.1. The van der Waals surface area contributed by atoms with Gasteiger partial charge in [0.1, 0.15) is 0 Å². The molecule has 0 amide bonds. The second kappa shape index (κ2) is 10.7. The predicted octanol–water partition coefficient (Wildman–Crippen LogP) is 1.69. The molecule has 0 fully saturated rings. The van der Waals surface area contributed by atoms with Crippen LogP contribution in [0.4, 0.5) is 0 Å². The van der Waals surface area contributed by atoms with Gasteiger partial charge in [0, 0.05) is 61.9 Å². The fourth-order valence-electron chi connectivity index (χ4n) is 2.20. The Morgan fingerprint density at radius 3 is 1.12 bits per heavy atom. The molecule has 0 bridgehead atoms. The van der Waals surface area contributed by atoms with Crippen molar-refractivity contribution < 1.29 is 39.2 Å². The summed E-state index contributed by atoms with van der Waals surface area (Å²) in [6.07, 6.45) is 0. The average molecular weight is 435 g/mol. The van der Waals surface area contributed by atoms with Crippen LogP contribution in [0.1, 0.15) is 0 Å². The van der Waals surface area contributed by atoms with Crippen LogP contribution in [0.5, 0.6) is 0 Å². The van der Waals surface area contributed by atoms with Crippen LogP contribution in [-0.4, -0.2) is 84.7 Å². The normalized spacial score (nSPS) is 16.1. The lowest BCUT2D eigenvalue weighted by Gasteiger charge is -2.39. The Kier molecular flexibility index (Phi) is 11.0. The minimum Gasteiger partial charge on any atom is -0.416 e. The molecule has 9 nitrogen and oxygen atoms in total. The number of hydrogen-bond donors (Lipinski definition) is 0. The van der Waals surface area contributed by atoms with Crippen molar-refractivity contribution in [3.05, 3.63) is 0 Å². The zero-order chi connectivity index (χ0) is 19.8. The number of hydrogen-bond acceptors (Lipinski definition) is 9. The molecule has 0 aromatic heterocycles. The van der Waals surface area contributed by atoms with Gasteiger partial charge >= 0.3 is 26.7 Å². The molecule has 0 saturated carbocycles. The van der Waals surface area contributed by atoms with Gasteiger partial charge in [-0.1, -0.05) is 0 Å². The van der Waals surface area contributed by atoms with E-state index in [1.807, 2.05) is 0 Å². The van der Waals surface area contributed by atoms with E-state index < -0.39 is 35.0 Å². The Hall–Kier alpha value is 0.508. The first kappa shape index (κ1) is 25.5. The van der Waals surface area contributed by atoms with Crippen LogP contribution in [0.15, 0.2) is 0 Å². The summed E-state index contributed by atoms with van der Waals surface area (Å²) in [5.41, 5.74) is 0. The summed E-state index contributed by atoms with van der Waals surface area (Å²) < 4.78 is 51.0. The first-order valence-electron chi connectivity index (χ1n) is 7.81. The molecule has 0 aliphatic carbocycles. The third-order valence-corrected chi connectivity index (χ3v) is 15.6. The molecule has 1 atom stereocenters. The van der Waals surface area contributed by atoms with Crippen LogP contribution < -0.4 is 0 Å². The van der Waals surface area contributed by atoms with Crippen LogP contribution >= 0.6 is 0 Å². The second-order valence-corrected chi connectivity index (χ2v) is 19.6. The minimum absolute atomic E-state index is 0.417. The van der Waals surface area contributed by atoms with E-state index in [2.05, 4.69) is 19.6 Å². The van der Waals surface area contributed by atoms with Gasteiger partial charge in [-0.05, 0) is 19.6 Å². The van der Waals surface area contributed by atoms with E-state index in [0.717, 1.165) is 0 Å². The maximum atomic E-state index is 6.35. The van der Waals surface area contributed by atoms with Gasteiger partial charge in [-0.3, -0.25) is 0 Å². The lowest BCUT2D eigenvalue weighted by molar-refractivity contribution is 0.0213. The van der Waals surface area contributed by atoms with Gasteiger partial charge in [-0.15, -0.1) is 0 Å². The smallest absolute Gasteiger partial charge is 0.416 e. The Bertz CT molecular complexity index is 358. The highest BCUT2D eigenvalue weighted by Gasteiger charge is 2.57. The Labute approximate surface area is 156 Å². The summed E-state index contributed by atoms with van der Waals surface area (Å²) in [5, 5.41) is 0. The molecule has 0 N–H and O–H groups in total. The van der Waals surface area contributed by atoms with Crippen LogP contribution in [0.3, 0.4) is 0 Å². The highest BCUT2D eigenvalue weighted by Crippen LogP contribution is 2.30. The van der Waals surface area contributed by atoms with E-state index in [9.17, 15) is 0 Å². The van der Waals surface area contributed by atoms with Gasteiger partial charge in [0.05, 0.1) is 0 Å². The van der Waals surface area contributed by atoms with Gasteiger partial charge in [0.15, 0.2) is 8.32 Å². The lowest BCUT2D eigenvalue weighted by Crippen LogP contribution is -2.62. The third-order valence-electron chi connectivity index (χ3n) is 3.47. The van der Waals surface area contributed by atoms with Crippen molar-refractivity contribution in [2.24, 2.45) is 0 Å². The van der Waals surface area contributed by atoms with Crippen LogP contribution in [0, 0.1) is 0 Å². The SMILES string of the molecule is CO[Si](CC[Si](OC)(O[Si](C)(C)C)O[Si](OC)(OC)OC)(OC)OC. The molecule has 0 spiro atoms. The topological polar surface area (TPSA) is 83.1 Å². The van der Waals surface area contributed by atoms with Crippen LogP contribution in [-0.2, 0) is 39.2 Å². The fourth-order valence-corrected chi connectivity index (χ4v) is 14.7. The van der Waals surface area contributed by atoms with Gasteiger partial charge in [-0.25, -0.2) is 0 Å². The molecule has 0 aliphatic heterocycles. The molecule has 0 rings (SSSR count). The quantitative estimate of drug-likeness (QED) is 0.379. The summed E-state index contributed by atoms with van der Waals surface area (Å²) in [5.74, 6) is 0. The van der Waals surface area contributed by atoms with Crippen molar-refractivity contribution in [2.45, 2.75) is 31.7 Å². The lowest BCUT2D eigenvalue weighted by atomic mass is 11.0. The third kappa shape index (κ3) is 7.57. The van der Waals surface area contributed by atoms with Gasteiger partial charge < -0.3 is 39.2 Å². The average Bonchev–Trinajstić information content (AvgIpc) is 2.60. The predicted molar refractivity (Wildman–Crippen MR) is 101 cm³/mol.